The standard InChI is InChI=1S/C19H18FNO3/c20-14-6-4-12(5-7-14)15-2-1-3-16-17-11-21(19(22)23)10-13(17)8-9-24-18(15)16/h1-7,13,17H,8-11H2,(H,22,23). The van der Waals surface area contributed by atoms with Gasteiger partial charge in [0.2, 0.25) is 0 Å². The summed E-state index contributed by atoms with van der Waals surface area (Å²) in [5, 5.41) is 9.30. The number of halogens is 1. The molecule has 0 aliphatic carbocycles. The average Bonchev–Trinajstić information content (AvgIpc) is 2.92. The van der Waals surface area contributed by atoms with Gasteiger partial charge in [-0.25, -0.2) is 9.18 Å². The van der Waals surface area contributed by atoms with Crippen LogP contribution < -0.4 is 4.74 Å². The van der Waals surface area contributed by atoms with Crippen molar-refractivity contribution in [2.24, 2.45) is 5.92 Å². The number of nitrogens with zero attached hydrogens (tertiary/aromatic N) is 1. The zero-order valence-electron chi connectivity index (χ0n) is 13.1. The summed E-state index contributed by atoms with van der Waals surface area (Å²) in [4.78, 5) is 12.8. The number of fused-ring (bicyclic) bond motifs is 3. The lowest BCUT2D eigenvalue weighted by Gasteiger charge is -2.18. The van der Waals surface area contributed by atoms with E-state index in [1.54, 1.807) is 12.1 Å². The molecule has 1 N–H and O–H groups in total. The Kier molecular flexibility index (Phi) is 3.63. The predicted octanol–water partition coefficient (Wildman–Crippen LogP) is 3.97. The maximum absolute atomic E-state index is 13.2. The SMILES string of the molecule is O=C(O)N1CC2CCOc3c(-c4ccc(F)cc4)cccc3C2C1. The minimum atomic E-state index is -0.861. The molecular weight excluding hydrogens is 309 g/mol. The van der Waals surface area contributed by atoms with Gasteiger partial charge in [0.1, 0.15) is 11.6 Å². The molecule has 2 heterocycles. The summed E-state index contributed by atoms with van der Waals surface area (Å²) < 4.78 is 19.2. The number of hydrogen-bond donors (Lipinski definition) is 1. The van der Waals surface area contributed by atoms with Crippen LogP contribution in [0.25, 0.3) is 11.1 Å². The molecule has 4 rings (SSSR count). The number of hydrogen-bond acceptors (Lipinski definition) is 2. The third kappa shape index (κ3) is 2.50. The smallest absolute Gasteiger partial charge is 0.407 e. The van der Waals surface area contributed by atoms with E-state index in [9.17, 15) is 14.3 Å². The van der Waals surface area contributed by atoms with E-state index in [1.807, 2.05) is 18.2 Å². The molecule has 1 amide bonds. The van der Waals surface area contributed by atoms with Crippen molar-refractivity contribution < 1.29 is 19.0 Å². The maximum atomic E-state index is 13.2. The first kappa shape index (κ1) is 15.0. The van der Waals surface area contributed by atoms with Crippen LogP contribution in [-0.2, 0) is 0 Å². The van der Waals surface area contributed by atoms with Gasteiger partial charge in [0, 0.05) is 24.6 Å². The normalized spacial score (nSPS) is 22.3. The second-order valence-corrected chi connectivity index (χ2v) is 6.42. The second kappa shape index (κ2) is 5.82. The van der Waals surface area contributed by atoms with E-state index in [0.29, 0.717) is 19.7 Å². The highest BCUT2D eigenvalue weighted by Gasteiger charge is 2.39. The van der Waals surface area contributed by atoms with Crippen molar-refractivity contribution in [1.82, 2.24) is 4.90 Å². The number of benzene rings is 2. The number of para-hydroxylation sites is 1. The number of rotatable bonds is 1. The molecule has 0 saturated carbocycles. The van der Waals surface area contributed by atoms with Gasteiger partial charge in [0.25, 0.3) is 0 Å². The van der Waals surface area contributed by atoms with E-state index in [2.05, 4.69) is 0 Å². The largest absolute Gasteiger partial charge is 0.493 e. The maximum Gasteiger partial charge on any atom is 0.407 e. The van der Waals surface area contributed by atoms with E-state index < -0.39 is 6.09 Å². The highest BCUT2D eigenvalue weighted by molar-refractivity contribution is 5.73. The molecule has 2 atom stereocenters. The Bertz CT molecular complexity index is 775. The van der Waals surface area contributed by atoms with Crippen LogP contribution in [0.2, 0.25) is 0 Å². The summed E-state index contributed by atoms with van der Waals surface area (Å²) in [6, 6.07) is 12.3. The van der Waals surface area contributed by atoms with Gasteiger partial charge in [0.05, 0.1) is 6.61 Å². The molecule has 124 valence electrons. The molecule has 0 aromatic heterocycles. The first-order valence-corrected chi connectivity index (χ1v) is 8.13. The van der Waals surface area contributed by atoms with Crippen molar-refractivity contribution in [2.75, 3.05) is 19.7 Å². The summed E-state index contributed by atoms with van der Waals surface area (Å²) >= 11 is 0. The Balaban J connectivity index is 1.77. The molecule has 1 saturated heterocycles. The first-order valence-electron chi connectivity index (χ1n) is 8.13. The molecule has 1 fully saturated rings. The minimum absolute atomic E-state index is 0.152. The van der Waals surface area contributed by atoms with Gasteiger partial charge in [-0.15, -0.1) is 0 Å². The number of carboxylic acid groups (broad SMARTS) is 1. The highest BCUT2D eigenvalue weighted by Crippen LogP contribution is 2.45. The highest BCUT2D eigenvalue weighted by atomic mass is 19.1. The number of likely N-dealkylation sites (tertiary alicyclic amines) is 1. The van der Waals surface area contributed by atoms with Crippen molar-refractivity contribution >= 4 is 6.09 Å². The van der Waals surface area contributed by atoms with Gasteiger partial charge >= 0.3 is 6.09 Å². The van der Waals surface area contributed by atoms with Crippen molar-refractivity contribution in [3.8, 4) is 16.9 Å². The quantitative estimate of drug-likeness (QED) is 0.862. The molecule has 0 radical (unpaired) electrons. The molecule has 24 heavy (non-hydrogen) atoms. The van der Waals surface area contributed by atoms with E-state index in [4.69, 9.17) is 4.74 Å². The third-order valence-electron chi connectivity index (χ3n) is 5.05. The van der Waals surface area contributed by atoms with Crippen LogP contribution in [0.1, 0.15) is 17.9 Å². The molecule has 0 spiro atoms. The summed E-state index contributed by atoms with van der Waals surface area (Å²) in [5.41, 5.74) is 2.89. The fourth-order valence-corrected chi connectivity index (χ4v) is 3.85. The van der Waals surface area contributed by atoms with Crippen LogP contribution in [0.3, 0.4) is 0 Å². The third-order valence-corrected chi connectivity index (χ3v) is 5.05. The van der Waals surface area contributed by atoms with Gasteiger partial charge in [0.15, 0.2) is 0 Å². The molecule has 2 unspecified atom stereocenters. The lowest BCUT2D eigenvalue weighted by atomic mass is 9.86. The Morgan fingerprint density at radius 1 is 1.17 bits per heavy atom. The Morgan fingerprint density at radius 3 is 2.71 bits per heavy atom. The zero-order chi connectivity index (χ0) is 16.7. The fourth-order valence-electron chi connectivity index (χ4n) is 3.85. The molecule has 0 bridgehead atoms. The minimum Gasteiger partial charge on any atom is -0.493 e. The molecule has 4 nitrogen and oxygen atoms in total. The molecule has 2 aromatic rings. The Labute approximate surface area is 139 Å². The monoisotopic (exact) mass is 327 g/mol. The van der Waals surface area contributed by atoms with E-state index in [-0.39, 0.29) is 17.7 Å². The van der Waals surface area contributed by atoms with Crippen molar-refractivity contribution in [3.63, 3.8) is 0 Å². The fraction of sp³-hybridized carbons (Fsp3) is 0.316. The summed E-state index contributed by atoms with van der Waals surface area (Å²) in [6.45, 7) is 1.63. The number of carbonyl (C=O) groups is 1. The van der Waals surface area contributed by atoms with Crippen molar-refractivity contribution in [2.45, 2.75) is 12.3 Å². The topological polar surface area (TPSA) is 49.8 Å². The van der Waals surface area contributed by atoms with Gasteiger partial charge in [-0.3, -0.25) is 0 Å². The Hall–Kier alpha value is -2.56. The van der Waals surface area contributed by atoms with Gasteiger partial charge in [-0.1, -0.05) is 30.3 Å². The van der Waals surface area contributed by atoms with Crippen molar-refractivity contribution in [1.29, 1.82) is 0 Å². The van der Waals surface area contributed by atoms with Crippen LogP contribution in [0.5, 0.6) is 5.75 Å². The molecule has 2 aromatic carbocycles. The first-order chi connectivity index (χ1) is 11.6. The second-order valence-electron chi connectivity index (χ2n) is 6.42. The lowest BCUT2D eigenvalue weighted by molar-refractivity contribution is 0.152. The van der Waals surface area contributed by atoms with E-state index >= 15 is 0 Å². The predicted molar refractivity (Wildman–Crippen MR) is 87.8 cm³/mol. The van der Waals surface area contributed by atoms with Crippen molar-refractivity contribution in [3.05, 3.63) is 53.8 Å². The zero-order valence-corrected chi connectivity index (χ0v) is 13.1. The molecule has 5 heteroatoms. The number of amides is 1. The van der Waals surface area contributed by atoms with E-state index in [0.717, 1.165) is 28.9 Å². The van der Waals surface area contributed by atoms with Gasteiger partial charge in [-0.05, 0) is 35.6 Å². The average molecular weight is 327 g/mol. The van der Waals surface area contributed by atoms with Gasteiger partial charge < -0.3 is 14.7 Å². The summed E-state index contributed by atoms with van der Waals surface area (Å²) in [6.07, 6.45) is -0.0216. The Morgan fingerprint density at radius 2 is 1.96 bits per heavy atom. The number of ether oxygens (including phenoxy) is 1. The van der Waals surface area contributed by atoms with Crippen LogP contribution in [0.4, 0.5) is 9.18 Å². The van der Waals surface area contributed by atoms with E-state index in [1.165, 1.54) is 17.0 Å². The summed E-state index contributed by atoms with van der Waals surface area (Å²) in [7, 11) is 0. The van der Waals surface area contributed by atoms with Crippen LogP contribution in [0, 0.1) is 11.7 Å². The molecule has 2 aliphatic rings. The summed E-state index contributed by atoms with van der Waals surface area (Å²) in [5.74, 6) is 0.975. The lowest BCUT2D eigenvalue weighted by Crippen LogP contribution is -2.27. The molecule has 2 aliphatic heterocycles. The van der Waals surface area contributed by atoms with Crippen LogP contribution in [0.15, 0.2) is 42.5 Å². The van der Waals surface area contributed by atoms with Gasteiger partial charge in [-0.2, -0.15) is 0 Å². The molecular formula is C19H18FNO3. The van der Waals surface area contributed by atoms with Crippen LogP contribution >= 0.6 is 0 Å². The van der Waals surface area contributed by atoms with Crippen LogP contribution in [-0.4, -0.2) is 35.8 Å².